The molecular formula is C17H19ClN2O4S. The second-order valence-corrected chi connectivity index (χ2v) is 7.82. The maximum atomic E-state index is 12.4. The van der Waals surface area contributed by atoms with Gasteiger partial charge in [0.15, 0.2) is 0 Å². The van der Waals surface area contributed by atoms with E-state index in [2.05, 4.69) is 5.32 Å². The highest BCUT2D eigenvalue weighted by molar-refractivity contribution is 7.92. The smallest absolute Gasteiger partial charge is 0.245 e. The molecule has 8 heteroatoms. The van der Waals surface area contributed by atoms with Crippen LogP contribution in [0.5, 0.6) is 5.75 Å². The molecule has 1 N–H and O–H groups in total. The van der Waals surface area contributed by atoms with Crippen molar-refractivity contribution in [1.29, 1.82) is 0 Å². The lowest BCUT2D eigenvalue weighted by Gasteiger charge is -2.22. The third kappa shape index (κ3) is 5.11. The van der Waals surface area contributed by atoms with Crippen LogP contribution in [0.2, 0.25) is 5.02 Å². The van der Waals surface area contributed by atoms with Crippen LogP contribution in [0.25, 0.3) is 0 Å². The van der Waals surface area contributed by atoms with Gasteiger partial charge in [-0.2, -0.15) is 0 Å². The molecule has 0 saturated carbocycles. The summed E-state index contributed by atoms with van der Waals surface area (Å²) in [5, 5.41) is 3.26. The van der Waals surface area contributed by atoms with Gasteiger partial charge in [-0.25, -0.2) is 8.42 Å². The van der Waals surface area contributed by atoms with Crippen molar-refractivity contribution >= 4 is 38.9 Å². The van der Waals surface area contributed by atoms with Gasteiger partial charge in [-0.3, -0.25) is 9.10 Å². The SMILES string of the molecule is COc1cccc(N(CC(=O)Nc2ccc(Cl)cc2C)S(C)(=O)=O)c1. The zero-order valence-electron chi connectivity index (χ0n) is 14.1. The minimum Gasteiger partial charge on any atom is -0.497 e. The lowest BCUT2D eigenvalue weighted by molar-refractivity contribution is -0.114. The Balaban J connectivity index is 2.23. The maximum absolute atomic E-state index is 12.4. The van der Waals surface area contributed by atoms with Crippen molar-refractivity contribution in [1.82, 2.24) is 0 Å². The highest BCUT2D eigenvalue weighted by Gasteiger charge is 2.21. The van der Waals surface area contributed by atoms with Crippen LogP contribution in [0.15, 0.2) is 42.5 Å². The van der Waals surface area contributed by atoms with Crippen LogP contribution in [-0.2, 0) is 14.8 Å². The number of carbonyl (C=O) groups is 1. The number of benzene rings is 2. The van der Waals surface area contributed by atoms with Crippen LogP contribution >= 0.6 is 11.6 Å². The van der Waals surface area contributed by atoms with Gasteiger partial charge >= 0.3 is 0 Å². The Morgan fingerprint density at radius 2 is 1.96 bits per heavy atom. The van der Waals surface area contributed by atoms with Gasteiger partial charge in [0, 0.05) is 16.8 Å². The number of sulfonamides is 1. The summed E-state index contributed by atoms with van der Waals surface area (Å²) >= 11 is 5.89. The van der Waals surface area contributed by atoms with Gasteiger partial charge in [0.05, 0.1) is 19.1 Å². The number of halogens is 1. The molecule has 0 aliphatic carbocycles. The quantitative estimate of drug-likeness (QED) is 0.833. The predicted molar refractivity (Wildman–Crippen MR) is 100 cm³/mol. The first-order chi connectivity index (χ1) is 11.7. The van der Waals surface area contributed by atoms with E-state index < -0.39 is 15.9 Å². The molecule has 2 aromatic carbocycles. The molecule has 1 amide bonds. The van der Waals surface area contributed by atoms with Crippen molar-refractivity contribution in [2.45, 2.75) is 6.92 Å². The summed E-state index contributed by atoms with van der Waals surface area (Å²) in [6.07, 6.45) is 1.05. The van der Waals surface area contributed by atoms with Crippen LogP contribution in [0.1, 0.15) is 5.56 Å². The normalized spacial score (nSPS) is 11.0. The highest BCUT2D eigenvalue weighted by Crippen LogP contribution is 2.24. The van der Waals surface area contributed by atoms with E-state index in [1.807, 2.05) is 0 Å². The summed E-state index contributed by atoms with van der Waals surface area (Å²) in [5.41, 5.74) is 1.71. The van der Waals surface area contributed by atoms with Crippen LogP contribution in [0.3, 0.4) is 0 Å². The summed E-state index contributed by atoms with van der Waals surface area (Å²) in [4.78, 5) is 12.4. The molecular weight excluding hydrogens is 364 g/mol. The number of nitrogens with zero attached hydrogens (tertiary/aromatic N) is 1. The average molecular weight is 383 g/mol. The van der Waals surface area contributed by atoms with E-state index in [0.29, 0.717) is 22.1 Å². The molecule has 0 bridgehead atoms. The molecule has 0 heterocycles. The molecule has 0 saturated heterocycles. The van der Waals surface area contributed by atoms with Gasteiger partial charge in [0.1, 0.15) is 12.3 Å². The lowest BCUT2D eigenvalue weighted by atomic mass is 10.2. The molecule has 2 aromatic rings. The molecule has 0 aliphatic heterocycles. The van der Waals surface area contributed by atoms with Crippen molar-refractivity contribution in [3.8, 4) is 5.75 Å². The summed E-state index contributed by atoms with van der Waals surface area (Å²) < 4.78 is 30.4. The summed E-state index contributed by atoms with van der Waals surface area (Å²) in [7, 11) is -2.17. The molecule has 0 radical (unpaired) electrons. The van der Waals surface area contributed by atoms with Crippen molar-refractivity contribution < 1.29 is 17.9 Å². The van der Waals surface area contributed by atoms with Crippen LogP contribution in [0, 0.1) is 6.92 Å². The molecule has 0 fully saturated rings. The number of rotatable bonds is 6. The molecule has 0 aromatic heterocycles. The molecule has 0 spiro atoms. The molecule has 25 heavy (non-hydrogen) atoms. The Morgan fingerprint density at radius 3 is 2.56 bits per heavy atom. The van der Waals surface area contributed by atoms with Crippen LogP contribution in [-0.4, -0.2) is 34.2 Å². The fourth-order valence-electron chi connectivity index (χ4n) is 2.25. The zero-order valence-corrected chi connectivity index (χ0v) is 15.7. The number of carbonyl (C=O) groups excluding carboxylic acids is 1. The monoisotopic (exact) mass is 382 g/mol. The number of methoxy groups -OCH3 is 1. The van der Waals surface area contributed by atoms with Crippen molar-refractivity contribution in [3.05, 3.63) is 53.1 Å². The molecule has 134 valence electrons. The maximum Gasteiger partial charge on any atom is 0.245 e. The van der Waals surface area contributed by atoms with Gasteiger partial charge in [0.2, 0.25) is 15.9 Å². The van der Waals surface area contributed by atoms with Gasteiger partial charge in [0.25, 0.3) is 0 Å². The summed E-state index contributed by atoms with van der Waals surface area (Å²) in [5.74, 6) is 0.0405. The lowest BCUT2D eigenvalue weighted by Crippen LogP contribution is -2.37. The number of hydrogen-bond donors (Lipinski definition) is 1. The van der Waals surface area contributed by atoms with Crippen LogP contribution in [0.4, 0.5) is 11.4 Å². The summed E-state index contributed by atoms with van der Waals surface area (Å²) in [6.45, 7) is 1.45. The first kappa shape index (κ1) is 19.1. The van der Waals surface area contributed by atoms with Crippen LogP contribution < -0.4 is 14.4 Å². The standard InChI is InChI=1S/C17H19ClN2O4S/c1-12-9-13(18)7-8-16(12)19-17(21)11-20(25(3,22)23)14-5-4-6-15(10-14)24-2/h4-10H,11H2,1-3H3,(H,19,21). The first-order valence-corrected chi connectivity index (χ1v) is 9.61. The number of aryl methyl sites for hydroxylation is 1. The summed E-state index contributed by atoms with van der Waals surface area (Å²) in [6, 6.07) is 11.6. The number of nitrogens with one attached hydrogen (secondary N) is 1. The Kier molecular flexibility index (Phi) is 5.92. The number of anilines is 2. The number of hydrogen-bond acceptors (Lipinski definition) is 4. The average Bonchev–Trinajstić information content (AvgIpc) is 2.54. The second kappa shape index (κ2) is 7.76. The molecule has 0 aliphatic rings. The van der Waals surface area contributed by atoms with Gasteiger partial charge in [-0.1, -0.05) is 17.7 Å². The first-order valence-electron chi connectivity index (χ1n) is 7.38. The molecule has 0 atom stereocenters. The molecule has 2 rings (SSSR count). The largest absolute Gasteiger partial charge is 0.497 e. The van der Waals surface area contributed by atoms with E-state index in [4.69, 9.17) is 16.3 Å². The van der Waals surface area contributed by atoms with Crippen molar-refractivity contribution in [2.24, 2.45) is 0 Å². The zero-order chi connectivity index (χ0) is 18.6. The molecule has 0 unspecified atom stereocenters. The Morgan fingerprint density at radius 1 is 1.24 bits per heavy atom. The van der Waals surface area contributed by atoms with Gasteiger partial charge < -0.3 is 10.1 Å². The fourth-order valence-corrected chi connectivity index (χ4v) is 3.33. The van der Waals surface area contributed by atoms with E-state index in [1.54, 1.807) is 49.4 Å². The third-order valence-corrected chi connectivity index (χ3v) is 4.87. The highest BCUT2D eigenvalue weighted by atomic mass is 35.5. The Hall–Kier alpha value is -2.25. The third-order valence-electron chi connectivity index (χ3n) is 3.49. The van der Waals surface area contributed by atoms with E-state index >= 15 is 0 Å². The van der Waals surface area contributed by atoms with E-state index in [-0.39, 0.29) is 6.54 Å². The minimum absolute atomic E-state index is 0.352. The number of amides is 1. The van der Waals surface area contributed by atoms with Gasteiger partial charge in [-0.05, 0) is 42.8 Å². The Bertz CT molecular complexity index is 884. The second-order valence-electron chi connectivity index (χ2n) is 5.48. The fraction of sp³-hybridized carbons (Fsp3) is 0.235. The van der Waals surface area contributed by atoms with Gasteiger partial charge in [-0.15, -0.1) is 0 Å². The van der Waals surface area contributed by atoms with Crippen molar-refractivity contribution in [3.63, 3.8) is 0 Å². The van der Waals surface area contributed by atoms with E-state index in [0.717, 1.165) is 16.1 Å². The number of ether oxygens (including phenoxy) is 1. The topological polar surface area (TPSA) is 75.7 Å². The van der Waals surface area contributed by atoms with Crippen molar-refractivity contribution in [2.75, 3.05) is 29.5 Å². The van der Waals surface area contributed by atoms with E-state index in [1.165, 1.54) is 7.11 Å². The Labute approximate surface area is 152 Å². The van der Waals surface area contributed by atoms with E-state index in [9.17, 15) is 13.2 Å². The minimum atomic E-state index is -3.65. The molecule has 6 nitrogen and oxygen atoms in total. The predicted octanol–water partition coefficient (Wildman–Crippen LogP) is 3.06.